The van der Waals surface area contributed by atoms with Crippen molar-refractivity contribution >= 4 is 46.5 Å². The maximum absolute atomic E-state index is 10.1. The first-order valence-corrected chi connectivity index (χ1v) is 43.2. The molecule has 16 heteroatoms. The number of hydrogen-bond donors (Lipinski definition) is 6. The minimum Gasteiger partial charge on any atom is -0.449 e. The fourth-order valence-electron chi connectivity index (χ4n) is 4.98. The number of cyclic esters (lactones) is 2. The van der Waals surface area contributed by atoms with Gasteiger partial charge in [0.05, 0.1) is 46.3 Å². The van der Waals surface area contributed by atoms with Gasteiger partial charge in [-0.25, -0.2) is 15.1 Å². The van der Waals surface area contributed by atoms with E-state index in [-0.39, 0.29) is 12.2 Å². The van der Waals surface area contributed by atoms with Crippen LogP contribution in [0.15, 0.2) is 84.9 Å². The fraction of sp³-hybridized carbons (Fsp3) is 0.783. The molecule has 0 unspecified atom stereocenters. The molecule has 612 valence electrons. The lowest BCUT2D eigenvalue weighted by Crippen LogP contribution is -2.31. The van der Waals surface area contributed by atoms with E-state index in [0.29, 0.717) is 26.6 Å². The van der Waals surface area contributed by atoms with Crippen LogP contribution < -0.4 is 32.1 Å². The first-order valence-electron chi connectivity index (χ1n) is 40.9. The quantitative estimate of drug-likeness (QED) is 0.126. The number of hydrogen-bond acceptors (Lipinski definition) is 14. The average Bonchev–Trinajstić information content (AvgIpc) is 1.92. The number of carbonyl (C=O) groups excluding carboxylic acids is 2. The summed E-state index contributed by atoms with van der Waals surface area (Å²) < 4.78 is 23.2. The standard InChI is InChI=1S/C10H8.C6H6.C5H10.C4H7NO2.C3H8N2.C3H5NO2.2C3H7NO.C3H6O2.C3H6S2.20C2H6/c1-2-6-10-8-4-3-7-9(10)5-1;1-2-4-6-5-3-1;1-2-4-5-3-1;6-4-5-2-1-3-7-4;1-2-5-3-4-1;5-3-4-1-2-6-3;1-2-5-3-4-1;1-2-4-5-3-1;2*1-2-5-3-4-1;20*1-2/h1-8H;1-6H;1-5H2;1-3H2,(H,5,6);4-5H,1-3H2;1-2H2,(H,4,5);2*4H,1-3H2;2*1-3H2;20*1-2H3. The smallest absolute Gasteiger partial charge is 0.407 e. The molecule has 0 spiro atoms. The molecule has 3 aromatic rings. The zero-order valence-electron chi connectivity index (χ0n) is 74.8. The molecule has 7 saturated heterocycles. The number of benzene rings is 3. The molecule has 3 aromatic carbocycles. The van der Waals surface area contributed by atoms with Crippen molar-refractivity contribution in [3.8, 4) is 0 Å². The molecule has 0 aromatic heterocycles. The first kappa shape index (κ1) is 146. The summed E-state index contributed by atoms with van der Waals surface area (Å²) in [5.41, 5.74) is 2.72. The lowest BCUT2D eigenvalue weighted by Gasteiger charge is -2.10. The Morgan fingerprint density at radius 1 is 0.293 bits per heavy atom. The van der Waals surface area contributed by atoms with E-state index >= 15 is 0 Å². The summed E-state index contributed by atoms with van der Waals surface area (Å²) in [5.74, 6) is 2.76. The Balaban J connectivity index is -0.0000000402. The van der Waals surface area contributed by atoms with Crippen LogP contribution in [0.1, 0.15) is 322 Å². The fourth-order valence-corrected chi connectivity index (χ4v) is 7.34. The number of nitrogens with one attached hydrogen (secondary N) is 6. The Kier molecular flexibility index (Phi) is 322. The molecule has 7 aliphatic heterocycles. The van der Waals surface area contributed by atoms with Gasteiger partial charge < -0.3 is 49.8 Å². The van der Waals surface area contributed by atoms with Gasteiger partial charge in [-0.1, -0.05) is 394 Å². The summed E-state index contributed by atoms with van der Waals surface area (Å²) >= 11 is 4.07. The summed E-state index contributed by atoms with van der Waals surface area (Å²) in [6, 6.07) is 28.7. The second-order valence-corrected chi connectivity index (χ2v) is 15.5. The van der Waals surface area contributed by atoms with Gasteiger partial charge in [0.2, 0.25) is 0 Å². The van der Waals surface area contributed by atoms with E-state index in [1.54, 1.807) is 0 Å². The van der Waals surface area contributed by atoms with Crippen molar-refractivity contribution in [2.75, 3.05) is 116 Å². The largest absolute Gasteiger partial charge is 0.449 e. The van der Waals surface area contributed by atoms with Crippen molar-refractivity contribution in [1.82, 2.24) is 32.1 Å². The molecule has 1 saturated carbocycles. The highest BCUT2D eigenvalue weighted by atomic mass is 32.2. The van der Waals surface area contributed by atoms with Gasteiger partial charge in [-0.15, -0.1) is 0 Å². The number of carbonyl (C=O) groups is 2. The number of hydroxylamine groups is 1. The van der Waals surface area contributed by atoms with Crippen LogP contribution in [0.25, 0.3) is 10.8 Å². The third-order valence-electron chi connectivity index (χ3n) is 8.06. The van der Waals surface area contributed by atoms with Gasteiger partial charge in [0, 0.05) is 56.0 Å². The Morgan fingerprint density at radius 2 is 0.606 bits per heavy atom. The SMILES string of the molecule is C1CCCC1.C1CNCN1.C1CNOC1.C1COCN1.C1COCO1.C1CSCS1.CC.CC.CC.CC.CC.CC.CC.CC.CC.CC.CC.CC.CC.CC.CC.CC.CC.CC.CC.CC.O=C1NCCCO1.O=C1NCCO1.c1ccc2ccccc2c1.c1ccccc1. The predicted octanol–water partition coefficient (Wildman–Crippen LogP) is 26.9. The van der Waals surface area contributed by atoms with Crippen LogP contribution in [0.3, 0.4) is 0 Å². The van der Waals surface area contributed by atoms with Crippen molar-refractivity contribution in [2.45, 2.75) is 322 Å². The highest BCUT2D eigenvalue weighted by Crippen LogP contribution is 2.20. The molecule has 1 aliphatic carbocycles. The van der Waals surface area contributed by atoms with Gasteiger partial charge in [0.1, 0.15) is 13.4 Å². The number of amides is 2. The Labute approximate surface area is 635 Å². The maximum atomic E-state index is 10.1. The van der Waals surface area contributed by atoms with Crippen molar-refractivity contribution in [2.24, 2.45) is 0 Å². The van der Waals surface area contributed by atoms with E-state index in [9.17, 15) is 9.59 Å². The zero-order chi connectivity index (χ0) is 81.8. The molecule has 8 aliphatic rings. The number of fused-ring (bicyclic) bond motifs is 1. The van der Waals surface area contributed by atoms with Gasteiger partial charge in [-0.2, -0.15) is 23.5 Å². The third kappa shape index (κ3) is 189. The molecule has 11 rings (SSSR count). The molecule has 7 heterocycles. The topological polar surface area (TPSA) is 162 Å². The molecular weight excluding hydrogens is 1270 g/mol. The monoisotopic (exact) mass is 1460 g/mol. The molecule has 0 atom stereocenters. The molecule has 2 amide bonds. The van der Waals surface area contributed by atoms with Crippen molar-refractivity contribution in [3.63, 3.8) is 0 Å². The van der Waals surface area contributed by atoms with Crippen molar-refractivity contribution in [1.29, 1.82) is 0 Å². The van der Waals surface area contributed by atoms with Gasteiger partial charge in [-0.3, -0.25) is 5.32 Å². The molecule has 0 bridgehead atoms. The van der Waals surface area contributed by atoms with Gasteiger partial charge >= 0.3 is 12.2 Å². The van der Waals surface area contributed by atoms with E-state index in [2.05, 4.69) is 90.1 Å². The van der Waals surface area contributed by atoms with Crippen LogP contribution in [0.5, 0.6) is 0 Å². The molecule has 6 N–H and O–H groups in total. The van der Waals surface area contributed by atoms with E-state index in [4.69, 9.17) is 19.0 Å². The molecule has 0 radical (unpaired) electrons. The predicted molar refractivity (Wildman–Crippen MR) is 469 cm³/mol. The van der Waals surface area contributed by atoms with Crippen molar-refractivity contribution < 1.29 is 38.1 Å². The number of alkyl carbamates (subject to hydrolysis) is 2. The number of thioether (sulfide) groups is 2. The normalized spacial score (nSPS) is 12.6. The minimum absolute atomic E-state index is 0.286. The second-order valence-electron chi connectivity index (χ2n) is 12.9. The Hall–Kier alpha value is -3.16. The summed E-state index contributed by atoms with van der Waals surface area (Å²) in [7, 11) is 0. The van der Waals surface area contributed by atoms with Crippen LogP contribution in [0, 0.1) is 0 Å². The van der Waals surface area contributed by atoms with Crippen LogP contribution >= 0.6 is 23.5 Å². The van der Waals surface area contributed by atoms with Crippen molar-refractivity contribution in [3.05, 3.63) is 84.9 Å². The van der Waals surface area contributed by atoms with Crippen LogP contribution in [0.4, 0.5) is 9.59 Å². The number of rotatable bonds is 0. The van der Waals surface area contributed by atoms with Crippen LogP contribution in [-0.4, -0.2) is 128 Å². The molecule has 8 fully saturated rings. The zero-order valence-corrected chi connectivity index (χ0v) is 76.5. The summed E-state index contributed by atoms with van der Waals surface area (Å²) in [6.45, 7) is 92.4. The first-order chi connectivity index (χ1) is 49.3. The third-order valence-corrected chi connectivity index (χ3v) is 10.6. The molecule has 14 nitrogen and oxygen atoms in total. The van der Waals surface area contributed by atoms with Gasteiger partial charge in [-0.05, 0) is 23.6 Å². The summed E-state index contributed by atoms with van der Waals surface area (Å²) in [6.07, 6.45) is 9.02. The molecular formula is C83H190N6O8S2. The summed E-state index contributed by atoms with van der Waals surface area (Å²) in [4.78, 5) is 24.7. The highest BCUT2D eigenvalue weighted by molar-refractivity contribution is 8.19. The number of ether oxygens (including phenoxy) is 5. The Bertz CT molecular complexity index is 1130. The summed E-state index contributed by atoms with van der Waals surface area (Å²) in [5, 5.41) is 18.2. The van der Waals surface area contributed by atoms with E-state index in [1.807, 2.05) is 337 Å². The Morgan fingerprint density at radius 3 is 0.737 bits per heavy atom. The highest BCUT2D eigenvalue weighted by Gasteiger charge is 2.06. The van der Waals surface area contributed by atoms with Crippen LogP contribution in [-0.2, 0) is 28.5 Å². The van der Waals surface area contributed by atoms with E-state index < -0.39 is 0 Å². The maximum Gasteiger partial charge on any atom is 0.407 e. The molecule has 99 heavy (non-hydrogen) atoms. The average molecular weight is 1460 g/mol. The lowest BCUT2D eigenvalue weighted by atomic mass is 10.1. The van der Waals surface area contributed by atoms with Gasteiger partial charge in [0.25, 0.3) is 0 Å². The lowest BCUT2D eigenvalue weighted by molar-refractivity contribution is 0.0692. The second kappa shape index (κ2) is 218. The minimum atomic E-state index is -0.296. The van der Waals surface area contributed by atoms with Crippen LogP contribution in [0.2, 0.25) is 0 Å². The van der Waals surface area contributed by atoms with E-state index in [0.717, 1.165) is 79.0 Å². The van der Waals surface area contributed by atoms with E-state index in [1.165, 1.54) is 65.9 Å². The van der Waals surface area contributed by atoms with Gasteiger partial charge in [0.15, 0.2) is 0 Å².